The Kier molecular flexibility index (Phi) is 7.99. The molecule has 0 aliphatic carbocycles. The minimum absolute atomic E-state index is 0.0856. The number of rotatable bonds is 10. The van der Waals surface area contributed by atoms with Crippen molar-refractivity contribution in [2.24, 2.45) is 0 Å². The number of carbonyl (C=O) groups excluding carboxylic acids is 1. The van der Waals surface area contributed by atoms with Gasteiger partial charge in [0.05, 0.1) is 13.7 Å². The second-order valence-corrected chi connectivity index (χ2v) is 6.36. The monoisotopic (exact) mass is 371 g/mol. The molecule has 5 nitrogen and oxygen atoms in total. The van der Waals surface area contributed by atoms with E-state index >= 15 is 0 Å². The zero-order chi connectivity index (χ0) is 19.6. The Labute approximate surface area is 161 Å². The topological polar surface area (TPSA) is 56.8 Å². The van der Waals surface area contributed by atoms with Crippen molar-refractivity contribution in [3.05, 3.63) is 53.6 Å². The molecule has 0 aliphatic heterocycles. The van der Waals surface area contributed by atoms with E-state index in [0.717, 1.165) is 18.4 Å². The third-order valence-electron chi connectivity index (χ3n) is 4.17. The molecule has 0 fully saturated rings. The summed E-state index contributed by atoms with van der Waals surface area (Å²) in [6, 6.07) is 13.0. The Hall–Kier alpha value is -2.69. The van der Waals surface area contributed by atoms with E-state index < -0.39 is 0 Å². The molecule has 0 spiro atoms. The van der Waals surface area contributed by atoms with Crippen molar-refractivity contribution in [3.63, 3.8) is 0 Å². The SMILES string of the molecule is CCC[C@@H](C)NC(=O)c1ccc(OCC)c(COc2ccccc2OC)c1. The average molecular weight is 371 g/mol. The molecular weight excluding hydrogens is 342 g/mol. The largest absolute Gasteiger partial charge is 0.493 e. The van der Waals surface area contributed by atoms with Gasteiger partial charge in [0.2, 0.25) is 0 Å². The van der Waals surface area contributed by atoms with Crippen LogP contribution in [0.4, 0.5) is 0 Å². The van der Waals surface area contributed by atoms with Gasteiger partial charge in [0.15, 0.2) is 11.5 Å². The summed E-state index contributed by atoms with van der Waals surface area (Å²) in [6.07, 6.45) is 1.98. The molecule has 2 rings (SSSR count). The molecule has 0 radical (unpaired) electrons. The lowest BCUT2D eigenvalue weighted by atomic mass is 10.1. The van der Waals surface area contributed by atoms with E-state index in [4.69, 9.17) is 14.2 Å². The van der Waals surface area contributed by atoms with Crippen molar-refractivity contribution in [3.8, 4) is 17.2 Å². The molecule has 0 saturated heterocycles. The fourth-order valence-electron chi connectivity index (χ4n) is 2.84. The number of para-hydroxylation sites is 2. The molecule has 0 saturated carbocycles. The molecule has 0 aliphatic rings. The highest BCUT2D eigenvalue weighted by Crippen LogP contribution is 2.28. The molecular formula is C22H29NO4. The molecule has 27 heavy (non-hydrogen) atoms. The van der Waals surface area contributed by atoms with Gasteiger partial charge in [0.25, 0.3) is 5.91 Å². The lowest BCUT2D eigenvalue weighted by molar-refractivity contribution is 0.0938. The molecule has 5 heteroatoms. The number of methoxy groups -OCH3 is 1. The highest BCUT2D eigenvalue weighted by Gasteiger charge is 2.14. The van der Waals surface area contributed by atoms with Crippen molar-refractivity contribution in [2.45, 2.75) is 46.3 Å². The van der Waals surface area contributed by atoms with Crippen LogP contribution >= 0.6 is 0 Å². The highest BCUT2D eigenvalue weighted by molar-refractivity contribution is 5.94. The van der Waals surface area contributed by atoms with Crippen LogP contribution in [0, 0.1) is 0 Å². The molecule has 1 atom stereocenters. The molecule has 2 aromatic carbocycles. The summed E-state index contributed by atoms with van der Waals surface area (Å²) >= 11 is 0. The van der Waals surface area contributed by atoms with Gasteiger partial charge in [0.1, 0.15) is 12.4 Å². The first-order valence-electron chi connectivity index (χ1n) is 9.41. The molecule has 1 N–H and O–H groups in total. The van der Waals surface area contributed by atoms with Gasteiger partial charge in [-0.05, 0) is 50.6 Å². The second-order valence-electron chi connectivity index (χ2n) is 6.36. The Morgan fingerprint density at radius 2 is 1.78 bits per heavy atom. The number of nitrogens with one attached hydrogen (secondary N) is 1. The lowest BCUT2D eigenvalue weighted by Gasteiger charge is -2.16. The highest BCUT2D eigenvalue weighted by atomic mass is 16.5. The van der Waals surface area contributed by atoms with Gasteiger partial charge in [-0.1, -0.05) is 25.5 Å². The number of hydrogen-bond acceptors (Lipinski definition) is 4. The number of ether oxygens (including phenoxy) is 3. The minimum atomic E-state index is -0.0856. The first-order valence-corrected chi connectivity index (χ1v) is 9.41. The van der Waals surface area contributed by atoms with Gasteiger partial charge >= 0.3 is 0 Å². The van der Waals surface area contributed by atoms with Crippen molar-refractivity contribution in [1.82, 2.24) is 5.32 Å². The third kappa shape index (κ3) is 5.91. The van der Waals surface area contributed by atoms with E-state index in [1.54, 1.807) is 13.2 Å². The fraction of sp³-hybridized carbons (Fsp3) is 0.409. The van der Waals surface area contributed by atoms with E-state index in [-0.39, 0.29) is 18.6 Å². The first-order chi connectivity index (χ1) is 13.1. The van der Waals surface area contributed by atoms with Crippen LogP contribution in [0.2, 0.25) is 0 Å². The van der Waals surface area contributed by atoms with Crippen LogP contribution in [0.5, 0.6) is 17.2 Å². The van der Waals surface area contributed by atoms with Crippen LogP contribution in [0.1, 0.15) is 49.5 Å². The van der Waals surface area contributed by atoms with Crippen LogP contribution in [-0.4, -0.2) is 25.7 Å². The van der Waals surface area contributed by atoms with E-state index in [0.29, 0.717) is 29.4 Å². The Bertz CT molecular complexity index is 745. The van der Waals surface area contributed by atoms with Crippen LogP contribution in [-0.2, 0) is 6.61 Å². The number of hydrogen-bond donors (Lipinski definition) is 1. The molecule has 2 aromatic rings. The van der Waals surface area contributed by atoms with Crippen molar-refractivity contribution < 1.29 is 19.0 Å². The average Bonchev–Trinajstić information content (AvgIpc) is 2.67. The number of amides is 1. The number of benzene rings is 2. The maximum atomic E-state index is 12.5. The normalized spacial score (nSPS) is 11.6. The van der Waals surface area contributed by atoms with Gasteiger partial charge < -0.3 is 19.5 Å². The van der Waals surface area contributed by atoms with E-state index in [9.17, 15) is 4.79 Å². The van der Waals surface area contributed by atoms with E-state index in [2.05, 4.69) is 12.2 Å². The van der Waals surface area contributed by atoms with Gasteiger partial charge in [0, 0.05) is 17.2 Å². The van der Waals surface area contributed by atoms with Gasteiger partial charge in [-0.25, -0.2) is 0 Å². The zero-order valence-electron chi connectivity index (χ0n) is 16.6. The molecule has 1 amide bonds. The van der Waals surface area contributed by atoms with Crippen LogP contribution < -0.4 is 19.5 Å². The Balaban J connectivity index is 2.18. The first kappa shape index (κ1) is 20.6. The maximum Gasteiger partial charge on any atom is 0.251 e. The minimum Gasteiger partial charge on any atom is -0.493 e. The smallest absolute Gasteiger partial charge is 0.251 e. The zero-order valence-corrected chi connectivity index (χ0v) is 16.6. The molecule has 146 valence electrons. The summed E-state index contributed by atoms with van der Waals surface area (Å²) in [5.41, 5.74) is 1.42. The third-order valence-corrected chi connectivity index (χ3v) is 4.17. The van der Waals surface area contributed by atoms with Crippen LogP contribution in [0.25, 0.3) is 0 Å². The quantitative estimate of drug-likeness (QED) is 0.664. The lowest BCUT2D eigenvalue weighted by Crippen LogP contribution is -2.32. The van der Waals surface area contributed by atoms with E-state index in [1.165, 1.54) is 0 Å². The standard InChI is InChI=1S/C22H29NO4/c1-5-9-16(3)23-22(24)17-12-13-19(26-6-2)18(14-17)15-27-21-11-8-7-10-20(21)25-4/h7-8,10-14,16H,5-6,9,15H2,1-4H3,(H,23,24)/t16-/m1/s1. The van der Waals surface area contributed by atoms with Crippen molar-refractivity contribution >= 4 is 5.91 Å². The van der Waals surface area contributed by atoms with Crippen LogP contribution in [0.15, 0.2) is 42.5 Å². The summed E-state index contributed by atoms with van der Waals surface area (Å²) < 4.78 is 16.9. The van der Waals surface area contributed by atoms with Gasteiger partial charge in [-0.15, -0.1) is 0 Å². The predicted molar refractivity (Wildman–Crippen MR) is 107 cm³/mol. The molecule has 0 heterocycles. The summed E-state index contributed by atoms with van der Waals surface area (Å²) in [5, 5.41) is 3.03. The molecule has 0 aromatic heterocycles. The molecule has 0 bridgehead atoms. The van der Waals surface area contributed by atoms with E-state index in [1.807, 2.05) is 50.2 Å². The Morgan fingerprint density at radius 1 is 1.04 bits per heavy atom. The second kappa shape index (κ2) is 10.5. The number of carbonyl (C=O) groups is 1. The molecule has 0 unspecified atom stereocenters. The van der Waals surface area contributed by atoms with Gasteiger partial charge in [-0.2, -0.15) is 0 Å². The predicted octanol–water partition coefficient (Wildman–Crippen LogP) is 4.59. The summed E-state index contributed by atoms with van der Waals surface area (Å²) in [4.78, 5) is 12.5. The maximum absolute atomic E-state index is 12.5. The fourth-order valence-corrected chi connectivity index (χ4v) is 2.84. The Morgan fingerprint density at radius 3 is 2.44 bits per heavy atom. The summed E-state index contributed by atoms with van der Waals surface area (Å²) in [6.45, 7) is 6.87. The summed E-state index contributed by atoms with van der Waals surface area (Å²) in [5.74, 6) is 1.94. The van der Waals surface area contributed by atoms with Crippen LogP contribution in [0.3, 0.4) is 0 Å². The van der Waals surface area contributed by atoms with Crippen molar-refractivity contribution in [1.29, 1.82) is 0 Å². The van der Waals surface area contributed by atoms with Crippen molar-refractivity contribution in [2.75, 3.05) is 13.7 Å². The summed E-state index contributed by atoms with van der Waals surface area (Å²) in [7, 11) is 1.61. The van der Waals surface area contributed by atoms with Gasteiger partial charge in [-0.3, -0.25) is 4.79 Å².